The molecular formula is C21H21FN2O2. The van der Waals surface area contributed by atoms with Crippen molar-refractivity contribution in [2.24, 2.45) is 0 Å². The van der Waals surface area contributed by atoms with Gasteiger partial charge in [-0.05, 0) is 42.3 Å². The van der Waals surface area contributed by atoms with Crippen LogP contribution in [-0.2, 0) is 13.1 Å². The molecule has 0 atom stereocenters. The van der Waals surface area contributed by atoms with Crippen molar-refractivity contribution in [3.63, 3.8) is 0 Å². The number of methoxy groups -OCH3 is 1. The minimum atomic E-state index is -0.363. The molecular weight excluding hydrogens is 331 g/mol. The Hall–Kier alpha value is -2.92. The highest BCUT2D eigenvalue weighted by Gasteiger charge is 2.08. The van der Waals surface area contributed by atoms with Crippen molar-refractivity contribution in [2.45, 2.75) is 20.0 Å². The standard InChI is InChI=1S/C21H21FN2O2/c1-15-6-3-4-8-19(15)26-21-17(7-5-11-24-21)14-23-13-16-9-10-18(22)20(12-16)25-2/h3-12,23H,13-14H2,1-2H3. The molecule has 0 saturated carbocycles. The molecule has 0 unspecified atom stereocenters. The summed E-state index contributed by atoms with van der Waals surface area (Å²) in [7, 11) is 1.46. The van der Waals surface area contributed by atoms with Gasteiger partial charge in [-0.15, -0.1) is 0 Å². The van der Waals surface area contributed by atoms with Gasteiger partial charge in [0.1, 0.15) is 5.75 Å². The maximum absolute atomic E-state index is 13.5. The second kappa shape index (κ2) is 8.45. The van der Waals surface area contributed by atoms with E-state index in [9.17, 15) is 4.39 Å². The van der Waals surface area contributed by atoms with Crippen LogP contribution >= 0.6 is 0 Å². The first kappa shape index (κ1) is 17.9. The number of para-hydroxylation sites is 1. The lowest BCUT2D eigenvalue weighted by Crippen LogP contribution is -2.14. The fourth-order valence-corrected chi connectivity index (χ4v) is 2.58. The van der Waals surface area contributed by atoms with Crippen molar-refractivity contribution in [1.29, 1.82) is 0 Å². The molecule has 0 aliphatic heterocycles. The van der Waals surface area contributed by atoms with Gasteiger partial charge in [0, 0.05) is 24.8 Å². The van der Waals surface area contributed by atoms with Crippen LogP contribution in [0.5, 0.6) is 17.4 Å². The molecule has 1 N–H and O–H groups in total. The summed E-state index contributed by atoms with van der Waals surface area (Å²) in [6.45, 7) is 3.15. The lowest BCUT2D eigenvalue weighted by Gasteiger charge is -2.12. The van der Waals surface area contributed by atoms with Crippen molar-refractivity contribution in [3.8, 4) is 17.4 Å². The molecule has 26 heavy (non-hydrogen) atoms. The van der Waals surface area contributed by atoms with E-state index in [1.54, 1.807) is 18.3 Å². The van der Waals surface area contributed by atoms with Gasteiger partial charge in [-0.25, -0.2) is 9.37 Å². The topological polar surface area (TPSA) is 43.4 Å². The lowest BCUT2D eigenvalue weighted by molar-refractivity contribution is 0.385. The van der Waals surface area contributed by atoms with Crippen LogP contribution in [-0.4, -0.2) is 12.1 Å². The molecule has 5 heteroatoms. The molecule has 0 fully saturated rings. The normalized spacial score (nSPS) is 10.6. The van der Waals surface area contributed by atoms with Crippen molar-refractivity contribution in [1.82, 2.24) is 10.3 Å². The van der Waals surface area contributed by atoms with Crippen molar-refractivity contribution >= 4 is 0 Å². The molecule has 0 spiro atoms. The Bertz CT molecular complexity index is 883. The van der Waals surface area contributed by atoms with E-state index in [0.717, 1.165) is 22.4 Å². The number of pyridine rings is 1. The van der Waals surface area contributed by atoms with Crippen LogP contribution in [0.4, 0.5) is 4.39 Å². The summed E-state index contributed by atoms with van der Waals surface area (Å²) < 4.78 is 24.5. The lowest BCUT2D eigenvalue weighted by atomic mass is 10.2. The molecule has 3 aromatic rings. The number of hydrogen-bond acceptors (Lipinski definition) is 4. The third-order valence-electron chi connectivity index (χ3n) is 4.01. The minimum absolute atomic E-state index is 0.245. The average Bonchev–Trinajstić information content (AvgIpc) is 2.66. The van der Waals surface area contributed by atoms with Crippen molar-refractivity contribution in [3.05, 3.63) is 83.3 Å². The molecule has 1 heterocycles. The van der Waals surface area contributed by atoms with E-state index in [1.807, 2.05) is 43.3 Å². The van der Waals surface area contributed by atoms with Crippen LogP contribution in [0.15, 0.2) is 60.8 Å². The Kier molecular flexibility index (Phi) is 5.81. The van der Waals surface area contributed by atoms with Crippen LogP contribution in [0.25, 0.3) is 0 Å². The van der Waals surface area contributed by atoms with Crippen LogP contribution in [0.2, 0.25) is 0 Å². The average molecular weight is 352 g/mol. The number of aromatic nitrogens is 1. The maximum Gasteiger partial charge on any atom is 0.223 e. The Morgan fingerprint density at radius 1 is 1.00 bits per heavy atom. The van der Waals surface area contributed by atoms with Crippen molar-refractivity contribution in [2.75, 3.05) is 7.11 Å². The second-order valence-electron chi connectivity index (χ2n) is 5.91. The number of nitrogens with one attached hydrogen (secondary N) is 1. The van der Waals surface area contributed by atoms with Crippen LogP contribution in [0.1, 0.15) is 16.7 Å². The first-order chi connectivity index (χ1) is 12.7. The predicted octanol–water partition coefficient (Wildman–Crippen LogP) is 4.62. The summed E-state index contributed by atoms with van der Waals surface area (Å²) in [5.74, 6) is 1.24. The molecule has 0 aliphatic carbocycles. The van der Waals surface area contributed by atoms with Gasteiger partial charge >= 0.3 is 0 Å². The maximum atomic E-state index is 13.5. The van der Waals surface area contributed by atoms with E-state index in [0.29, 0.717) is 19.0 Å². The molecule has 0 saturated heterocycles. The van der Waals surface area contributed by atoms with E-state index in [2.05, 4.69) is 10.3 Å². The van der Waals surface area contributed by atoms with E-state index >= 15 is 0 Å². The highest BCUT2D eigenvalue weighted by atomic mass is 19.1. The van der Waals surface area contributed by atoms with Gasteiger partial charge in [0.2, 0.25) is 5.88 Å². The summed E-state index contributed by atoms with van der Waals surface area (Å²) in [4.78, 5) is 4.35. The van der Waals surface area contributed by atoms with Crippen LogP contribution in [0, 0.1) is 12.7 Å². The van der Waals surface area contributed by atoms with E-state index < -0.39 is 0 Å². The van der Waals surface area contributed by atoms with Gasteiger partial charge in [0.15, 0.2) is 11.6 Å². The van der Waals surface area contributed by atoms with E-state index in [-0.39, 0.29) is 11.6 Å². The number of nitrogens with zero attached hydrogens (tertiary/aromatic N) is 1. The first-order valence-electron chi connectivity index (χ1n) is 8.38. The number of hydrogen-bond donors (Lipinski definition) is 1. The van der Waals surface area contributed by atoms with E-state index in [4.69, 9.17) is 9.47 Å². The highest BCUT2D eigenvalue weighted by molar-refractivity contribution is 5.37. The zero-order valence-electron chi connectivity index (χ0n) is 14.8. The van der Waals surface area contributed by atoms with Gasteiger partial charge in [0.25, 0.3) is 0 Å². The zero-order chi connectivity index (χ0) is 18.4. The fraction of sp³-hybridized carbons (Fsp3) is 0.190. The molecule has 1 aromatic heterocycles. The Labute approximate surface area is 152 Å². The quantitative estimate of drug-likeness (QED) is 0.674. The number of halogens is 1. The summed E-state index contributed by atoms with van der Waals surface area (Å²) in [5, 5.41) is 3.33. The summed E-state index contributed by atoms with van der Waals surface area (Å²) in [6, 6.07) is 16.5. The molecule has 4 nitrogen and oxygen atoms in total. The molecule has 0 radical (unpaired) electrons. The summed E-state index contributed by atoms with van der Waals surface area (Å²) in [5.41, 5.74) is 2.94. The summed E-state index contributed by atoms with van der Waals surface area (Å²) in [6.07, 6.45) is 1.71. The molecule has 0 amide bonds. The predicted molar refractivity (Wildman–Crippen MR) is 99.0 cm³/mol. The van der Waals surface area contributed by atoms with Gasteiger partial charge in [-0.1, -0.05) is 30.3 Å². The van der Waals surface area contributed by atoms with Gasteiger partial charge in [0.05, 0.1) is 7.11 Å². The third kappa shape index (κ3) is 4.37. The zero-order valence-corrected chi connectivity index (χ0v) is 14.8. The van der Waals surface area contributed by atoms with E-state index in [1.165, 1.54) is 13.2 Å². The number of ether oxygens (including phenoxy) is 2. The SMILES string of the molecule is COc1cc(CNCc2cccnc2Oc2ccccc2C)ccc1F. The summed E-state index contributed by atoms with van der Waals surface area (Å²) >= 11 is 0. The molecule has 0 bridgehead atoms. The number of benzene rings is 2. The molecule has 0 aliphatic rings. The fourth-order valence-electron chi connectivity index (χ4n) is 2.58. The third-order valence-corrected chi connectivity index (χ3v) is 4.01. The highest BCUT2D eigenvalue weighted by Crippen LogP contribution is 2.25. The minimum Gasteiger partial charge on any atom is -0.494 e. The Morgan fingerprint density at radius 2 is 1.85 bits per heavy atom. The number of rotatable bonds is 7. The first-order valence-corrected chi connectivity index (χ1v) is 8.38. The van der Waals surface area contributed by atoms with Gasteiger partial charge in [-0.2, -0.15) is 0 Å². The Morgan fingerprint density at radius 3 is 2.65 bits per heavy atom. The molecule has 2 aromatic carbocycles. The smallest absolute Gasteiger partial charge is 0.223 e. The Balaban J connectivity index is 1.66. The van der Waals surface area contributed by atoms with Crippen molar-refractivity contribution < 1.29 is 13.9 Å². The monoisotopic (exact) mass is 352 g/mol. The van der Waals surface area contributed by atoms with Gasteiger partial charge in [-0.3, -0.25) is 0 Å². The largest absolute Gasteiger partial charge is 0.494 e. The molecule has 134 valence electrons. The number of aryl methyl sites for hydroxylation is 1. The van der Waals surface area contributed by atoms with Crippen LogP contribution in [0.3, 0.4) is 0 Å². The van der Waals surface area contributed by atoms with Crippen LogP contribution < -0.4 is 14.8 Å². The van der Waals surface area contributed by atoms with Gasteiger partial charge < -0.3 is 14.8 Å². The molecule has 3 rings (SSSR count). The second-order valence-corrected chi connectivity index (χ2v) is 5.91.